The van der Waals surface area contributed by atoms with E-state index in [1.807, 2.05) is 13.8 Å². The summed E-state index contributed by atoms with van der Waals surface area (Å²) in [5, 5.41) is 0. The van der Waals surface area contributed by atoms with Crippen LogP contribution >= 0.6 is 15.9 Å². The minimum atomic E-state index is -3.23. The molecule has 16 heavy (non-hydrogen) atoms. The van der Waals surface area contributed by atoms with Crippen molar-refractivity contribution in [1.29, 1.82) is 0 Å². The summed E-state index contributed by atoms with van der Waals surface area (Å²) in [4.78, 5) is 0.440. The fraction of sp³-hybridized carbons (Fsp3) is 1.00. The first-order valence-electron chi connectivity index (χ1n) is 5.82. The maximum atomic E-state index is 12.2. The van der Waals surface area contributed by atoms with Crippen LogP contribution in [0.2, 0.25) is 0 Å². The van der Waals surface area contributed by atoms with Crippen LogP contribution in [0.15, 0.2) is 0 Å². The van der Waals surface area contributed by atoms with E-state index < -0.39 is 10.2 Å². The SMILES string of the molecule is CCN(CC)S(=O)(=O)N1CCC(Br)C(C)C1. The third-order valence-electron chi connectivity index (χ3n) is 3.12. The van der Waals surface area contributed by atoms with Crippen molar-refractivity contribution in [3.05, 3.63) is 0 Å². The highest BCUT2D eigenvalue weighted by molar-refractivity contribution is 9.09. The van der Waals surface area contributed by atoms with E-state index in [0.717, 1.165) is 6.42 Å². The van der Waals surface area contributed by atoms with Crippen molar-refractivity contribution in [3.63, 3.8) is 0 Å². The zero-order valence-corrected chi connectivity index (χ0v) is 12.6. The first-order chi connectivity index (χ1) is 7.43. The fourth-order valence-corrected chi connectivity index (χ4v) is 4.11. The Balaban J connectivity index is 2.77. The summed E-state index contributed by atoms with van der Waals surface area (Å²) >= 11 is 3.58. The topological polar surface area (TPSA) is 40.6 Å². The minimum absolute atomic E-state index is 0.374. The molecule has 1 aliphatic heterocycles. The number of alkyl halides is 1. The lowest BCUT2D eigenvalue weighted by atomic mass is 10.0. The maximum Gasteiger partial charge on any atom is 0.281 e. The van der Waals surface area contributed by atoms with Crippen molar-refractivity contribution in [2.24, 2.45) is 5.92 Å². The predicted molar refractivity (Wildman–Crippen MR) is 69.9 cm³/mol. The van der Waals surface area contributed by atoms with E-state index in [-0.39, 0.29) is 0 Å². The van der Waals surface area contributed by atoms with Crippen LogP contribution in [0.5, 0.6) is 0 Å². The molecule has 6 heteroatoms. The largest absolute Gasteiger partial charge is 0.281 e. The molecule has 4 nitrogen and oxygen atoms in total. The molecule has 2 atom stereocenters. The van der Waals surface area contributed by atoms with Gasteiger partial charge in [-0.3, -0.25) is 0 Å². The molecule has 0 radical (unpaired) electrons. The summed E-state index contributed by atoms with van der Waals surface area (Å²) in [5.41, 5.74) is 0. The number of rotatable bonds is 4. The molecule has 0 aliphatic carbocycles. The third-order valence-corrected chi connectivity index (χ3v) is 6.63. The van der Waals surface area contributed by atoms with E-state index in [2.05, 4.69) is 22.9 Å². The molecule has 0 spiro atoms. The van der Waals surface area contributed by atoms with E-state index in [9.17, 15) is 8.42 Å². The molecule has 0 aromatic rings. The van der Waals surface area contributed by atoms with Gasteiger partial charge in [-0.05, 0) is 12.3 Å². The summed E-state index contributed by atoms with van der Waals surface area (Å²) in [5.74, 6) is 0.374. The Kier molecular flexibility index (Phi) is 5.22. The average Bonchev–Trinajstić information content (AvgIpc) is 2.23. The predicted octanol–water partition coefficient (Wildman–Crippen LogP) is 1.68. The molecular weight excluding hydrogens is 292 g/mol. The number of hydrogen-bond donors (Lipinski definition) is 0. The van der Waals surface area contributed by atoms with Gasteiger partial charge in [-0.25, -0.2) is 0 Å². The van der Waals surface area contributed by atoms with Crippen molar-refractivity contribution in [2.75, 3.05) is 26.2 Å². The van der Waals surface area contributed by atoms with Crippen LogP contribution in [0.3, 0.4) is 0 Å². The summed E-state index contributed by atoms with van der Waals surface area (Å²) in [6, 6.07) is 0. The second kappa shape index (κ2) is 5.80. The average molecular weight is 313 g/mol. The molecular formula is C10H21BrN2O2S. The van der Waals surface area contributed by atoms with Crippen molar-refractivity contribution in [2.45, 2.75) is 32.0 Å². The number of nitrogens with zero attached hydrogens (tertiary/aromatic N) is 2. The highest BCUT2D eigenvalue weighted by atomic mass is 79.9. The molecule has 1 aliphatic rings. The van der Waals surface area contributed by atoms with Gasteiger partial charge in [-0.1, -0.05) is 36.7 Å². The molecule has 0 N–H and O–H groups in total. The summed E-state index contributed by atoms with van der Waals surface area (Å²) in [6.45, 7) is 8.17. The van der Waals surface area contributed by atoms with Gasteiger partial charge in [0.1, 0.15) is 0 Å². The number of piperidine rings is 1. The smallest absolute Gasteiger partial charge is 0.195 e. The molecule has 1 rings (SSSR count). The van der Waals surface area contributed by atoms with Gasteiger partial charge in [-0.2, -0.15) is 17.0 Å². The Labute approximate surface area is 107 Å². The number of hydrogen-bond acceptors (Lipinski definition) is 2. The lowest BCUT2D eigenvalue weighted by Crippen LogP contribution is -2.49. The van der Waals surface area contributed by atoms with Crippen LogP contribution in [0.4, 0.5) is 0 Å². The van der Waals surface area contributed by atoms with E-state index in [0.29, 0.717) is 36.9 Å². The Hall–Kier alpha value is 0.350. The Morgan fingerprint density at radius 1 is 1.38 bits per heavy atom. The maximum absolute atomic E-state index is 12.2. The molecule has 1 fully saturated rings. The van der Waals surface area contributed by atoms with Crippen molar-refractivity contribution < 1.29 is 8.42 Å². The normalized spacial score (nSPS) is 28.6. The van der Waals surface area contributed by atoms with E-state index in [4.69, 9.17) is 0 Å². The fourth-order valence-electron chi connectivity index (χ4n) is 2.00. The molecule has 0 bridgehead atoms. The van der Waals surface area contributed by atoms with Crippen LogP contribution in [0.1, 0.15) is 27.2 Å². The van der Waals surface area contributed by atoms with Gasteiger partial charge in [0.2, 0.25) is 0 Å². The molecule has 0 saturated carbocycles. The Morgan fingerprint density at radius 3 is 2.38 bits per heavy atom. The first-order valence-corrected chi connectivity index (χ1v) is 8.14. The second-order valence-electron chi connectivity index (χ2n) is 4.23. The van der Waals surface area contributed by atoms with Gasteiger partial charge >= 0.3 is 0 Å². The standard InChI is InChI=1S/C10H21BrN2O2S/c1-4-12(5-2)16(14,15)13-7-6-10(11)9(3)8-13/h9-10H,4-8H2,1-3H3. The molecule has 1 heterocycles. The Morgan fingerprint density at radius 2 is 1.94 bits per heavy atom. The van der Waals surface area contributed by atoms with Crippen LogP contribution in [0.25, 0.3) is 0 Å². The second-order valence-corrected chi connectivity index (χ2v) is 7.34. The van der Waals surface area contributed by atoms with Crippen molar-refractivity contribution in [1.82, 2.24) is 8.61 Å². The zero-order chi connectivity index (χ0) is 12.3. The summed E-state index contributed by atoms with van der Waals surface area (Å²) < 4.78 is 27.6. The van der Waals surface area contributed by atoms with Gasteiger partial charge < -0.3 is 0 Å². The van der Waals surface area contributed by atoms with Gasteiger partial charge in [0.15, 0.2) is 0 Å². The molecule has 0 aromatic carbocycles. The lowest BCUT2D eigenvalue weighted by molar-refractivity contribution is 0.269. The third kappa shape index (κ3) is 2.97. The highest BCUT2D eigenvalue weighted by Gasteiger charge is 2.33. The monoisotopic (exact) mass is 312 g/mol. The molecule has 0 aromatic heterocycles. The quantitative estimate of drug-likeness (QED) is 0.741. The van der Waals surface area contributed by atoms with E-state index in [1.165, 1.54) is 4.31 Å². The van der Waals surface area contributed by atoms with Gasteiger partial charge in [0, 0.05) is 31.0 Å². The van der Waals surface area contributed by atoms with Crippen molar-refractivity contribution >= 4 is 26.1 Å². The number of halogens is 1. The zero-order valence-electron chi connectivity index (χ0n) is 10.2. The van der Waals surface area contributed by atoms with Crippen LogP contribution in [-0.2, 0) is 10.2 Å². The molecule has 2 unspecified atom stereocenters. The van der Waals surface area contributed by atoms with Gasteiger partial charge in [-0.15, -0.1) is 0 Å². The first kappa shape index (κ1) is 14.4. The van der Waals surface area contributed by atoms with Crippen LogP contribution in [-0.4, -0.2) is 48.0 Å². The minimum Gasteiger partial charge on any atom is -0.195 e. The van der Waals surface area contributed by atoms with E-state index in [1.54, 1.807) is 4.31 Å². The van der Waals surface area contributed by atoms with Crippen LogP contribution < -0.4 is 0 Å². The lowest BCUT2D eigenvalue weighted by Gasteiger charge is -2.36. The Bertz CT molecular complexity index is 317. The van der Waals surface area contributed by atoms with Crippen molar-refractivity contribution in [3.8, 4) is 0 Å². The summed E-state index contributed by atoms with van der Waals surface area (Å²) in [7, 11) is -3.23. The molecule has 0 amide bonds. The van der Waals surface area contributed by atoms with E-state index >= 15 is 0 Å². The van der Waals surface area contributed by atoms with Gasteiger partial charge in [0.25, 0.3) is 10.2 Å². The highest BCUT2D eigenvalue weighted by Crippen LogP contribution is 2.25. The summed E-state index contributed by atoms with van der Waals surface area (Å²) in [6.07, 6.45) is 0.891. The van der Waals surface area contributed by atoms with Gasteiger partial charge in [0.05, 0.1) is 0 Å². The molecule has 1 saturated heterocycles. The van der Waals surface area contributed by atoms with Crippen LogP contribution in [0, 0.1) is 5.92 Å². The molecule has 96 valence electrons.